The summed E-state index contributed by atoms with van der Waals surface area (Å²) in [6, 6.07) is 8.05. The summed E-state index contributed by atoms with van der Waals surface area (Å²) in [6.45, 7) is 7.86. The Morgan fingerprint density at radius 2 is 1.10 bits per heavy atom. The smallest absolute Gasteiger partial charge is 0.127 e. The summed E-state index contributed by atoms with van der Waals surface area (Å²) in [6.07, 6.45) is 7.85. The van der Waals surface area contributed by atoms with E-state index in [4.69, 9.17) is 9.98 Å². The van der Waals surface area contributed by atoms with Crippen molar-refractivity contribution in [2.75, 3.05) is 0 Å². The minimum Gasteiger partial charge on any atom is -0.507 e. The minimum absolute atomic E-state index is 0. The Morgan fingerprint density at radius 3 is 1.48 bits per heavy atom. The first-order chi connectivity index (χ1) is 13.3. The Morgan fingerprint density at radius 1 is 0.724 bits per heavy atom. The van der Waals surface area contributed by atoms with Gasteiger partial charge in [0, 0.05) is 40.0 Å². The van der Waals surface area contributed by atoms with Gasteiger partial charge in [0.2, 0.25) is 0 Å². The molecule has 2 aromatic carbocycles. The normalized spacial score (nSPS) is 19.6. The molecule has 2 N–H and O–H groups in total. The summed E-state index contributed by atoms with van der Waals surface area (Å²) in [4.78, 5) is 9.57. The molecule has 1 aliphatic carbocycles. The predicted octanol–water partition coefficient (Wildman–Crippen LogP) is 5.18. The molecular formula is C24H30N2NiO2. The number of nitrogens with zero attached hydrogens (tertiary/aromatic N) is 2. The first-order valence-corrected chi connectivity index (χ1v) is 10.0. The number of hydrogen-bond acceptors (Lipinski definition) is 4. The van der Waals surface area contributed by atoms with Gasteiger partial charge < -0.3 is 10.2 Å². The van der Waals surface area contributed by atoms with Crippen LogP contribution in [-0.2, 0) is 16.5 Å². The van der Waals surface area contributed by atoms with Crippen LogP contribution < -0.4 is 0 Å². The standard InChI is InChI=1S/C24H30N2O2.Ni/c1-15-9-17(3)23(27)19(11-15)13-25-21-7-5-6-8-22(21)26-14-20-12-16(2)10-18(4)24(20)28;/h9-14,21-22,27-28H,5-8H2,1-4H3;/t21-,22-;/m1./s1. The maximum Gasteiger partial charge on any atom is 0.127 e. The molecule has 158 valence electrons. The third-order valence-electron chi connectivity index (χ3n) is 5.45. The average Bonchev–Trinajstić information content (AvgIpc) is 2.65. The zero-order valence-corrected chi connectivity index (χ0v) is 18.5. The van der Waals surface area contributed by atoms with E-state index in [1.54, 1.807) is 12.4 Å². The third kappa shape index (κ3) is 5.70. The number of aromatic hydroxyl groups is 2. The molecule has 29 heavy (non-hydrogen) atoms. The molecule has 0 saturated heterocycles. The van der Waals surface area contributed by atoms with Crippen molar-refractivity contribution in [3.05, 3.63) is 57.6 Å². The summed E-state index contributed by atoms with van der Waals surface area (Å²) in [7, 11) is 0. The summed E-state index contributed by atoms with van der Waals surface area (Å²) in [5, 5.41) is 20.6. The zero-order chi connectivity index (χ0) is 20.3. The Balaban J connectivity index is 0.00000300. The van der Waals surface area contributed by atoms with Crippen LogP contribution in [0.5, 0.6) is 11.5 Å². The number of phenolic OH excluding ortho intramolecular Hbond substituents is 2. The molecule has 0 aromatic heterocycles. The molecule has 5 heteroatoms. The third-order valence-corrected chi connectivity index (χ3v) is 5.45. The van der Waals surface area contributed by atoms with Crippen LogP contribution in [0.2, 0.25) is 0 Å². The van der Waals surface area contributed by atoms with Gasteiger partial charge in [-0.05, 0) is 74.9 Å². The first-order valence-electron chi connectivity index (χ1n) is 10.0. The minimum atomic E-state index is 0. The zero-order valence-electron chi connectivity index (χ0n) is 17.6. The van der Waals surface area contributed by atoms with Crippen molar-refractivity contribution in [2.45, 2.75) is 65.5 Å². The predicted molar refractivity (Wildman–Crippen MR) is 116 cm³/mol. The fourth-order valence-electron chi connectivity index (χ4n) is 3.97. The molecule has 0 spiro atoms. The molecule has 0 heterocycles. The van der Waals surface area contributed by atoms with Gasteiger partial charge >= 0.3 is 0 Å². The van der Waals surface area contributed by atoms with E-state index in [0.717, 1.165) is 59.1 Å². The molecule has 2 aromatic rings. The van der Waals surface area contributed by atoms with Crippen LogP contribution in [0, 0.1) is 27.7 Å². The van der Waals surface area contributed by atoms with E-state index in [0.29, 0.717) is 11.5 Å². The summed E-state index contributed by atoms with van der Waals surface area (Å²) < 4.78 is 0. The maximum absolute atomic E-state index is 10.3. The van der Waals surface area contributed by atoms with E-state index < -0.39 is 0 Å². The average molecular weight is 437 g/mol. The molecule has 1 fully saturated rings. The summed E-state index contributed by atoms with van der Waals surface area (Å²) >= 11 is 0. The van der Waals surface area contributed by atoms with Crippen LogP contribution in [0.1, 0.15) is 59.1 Å². The molecule has 0 aliphatic heterocycles. The Hall–Kier alpha value is -2.13. The second kappa shape index (κ2) is 10.1. The van der Waals surface area contributed by atoms with Gasteiger partial charge in [-0.15, -0.1) is 0 Å². The summed E-state index contributed by atoms with van der Waals surface area (Å²) in [5.41, 5.74) is 5.48. The molecule has 1 aliphatic rings. The largest absolute Gasteiger partial charge is 0.507 e. The van der Waals surface area contributed by atoms with E-state index in [-0.39, 0.29) is 28.6 Å². The van der Waals surface area contributed by atoms with Gasteiger partial charge in [0.25, 0.3) is 0 Å². The second-order valence-corrected chi connectivity index (χ2v) is 8.01. The Labute approximate surface area is 183 Å². The first kappa shape index (κ1) is 23.2. The van der Waals surface area contributed by atoms with Crippen LogP contribution in [-0.4, -0.2) is 34.7 Å². The van der Waals surface area contributed by atoms with Gasteiger partial charge in [-0.25, -0.2) is 0 Å². The van der Waals surface area contributed by atoms with Crippen molar-refractivity contribution in [3.63, 3.8) is 0 Å². The van der Waals surface area contributed by atoms with Gasteiger partial charge in [-0.3, -0.25) is 9.98 Å². The fraction of sp³-hybridized carbons (Fsp3) is 0.417. The molecule has 0 bridgehead atoms. The fourth-order valence-corrected chi connectivity index (χ4v) is 3.97. The number of rotatable bonds is 4. The maximum atomic E-state index is 10.3. The van der Waals surface area contributed by atoms with E-state index in [2.05, 4.69) is 0 Å². The molecule has 2 atom stereocenters. The van der Waals surface area contributed by atoms with E-state index in [1.165, 1.54) is 0 Å². The van der Waals surface area contributed by atoms with E-state index in [1.807, 2.05) is 52.0 Å². The molecule has 4 nitrogen and oxygen atoms in total. The van der Waals surface area contributed by atoms with Crippen LogP contribution in [0.4, 0.5) is 0 Å². The number of aryl methyl sites for hydroxylation is 4. The van der Waals surface area contributed by atoms with Crippen molar-refractivity contribution in [1.29, 1.82) is 0 Å². The molecule has 1 saturated carbocycles. The van der Waals surface area contributed by atoms with Crippen LogP contribution in [0.3, 0.4) is 0 Å². The molecule has 3 rings (SSSR count). The SMILES string of the molecule is Cc1cc(C)c(O)c(C=N[C@@H]2CCCC[C@H]2N=Cc2cc(C)cc(C)c2O)c1.[Ni]. The van der Waals surface area contributed by atoms with Crippen molar-refractivity contribution in [3.8, 4) is 11.5 Å². The molecule has 0 amide bonds. The molecule has 0 radical (unpaired) electrons. The van der Waals surface area contributed by atoms with Crippen molar-refractivity contribution in [2.24, 2.45) is 9.98 Å². The topological polar surface area (TPSA) is 65.2 Å². The monoisotopic (exact) mass is 436 g/mol. The number of benzene rings is 2. The van der Waals surface area contributed by atoms with Crippen molar-refractivity contribution in [1.82, 2.24) is 0 Å². The van der Waals surface area contributed by atoms with Gasteiger partial charge in [0.15, 0.2) is 0 Å². The number of hydrogen-bond donors (Lipinski definition) is 2. The van der Waals surface area contributed by atoms with E-state index in [9.17, 15) is 10.2 Å². The Kier molecular flexibility index (Phi) is 8.04. The van der Waals surface area contributed by atoms with Crippen LogP contribution >= 0.6 is 0 Å². The van der Waals surface area contributed by atoms with Crippen molar-refractivity contribution < 1.29 is 26.7 Å². The Bertz CT molecular complexity index is 846. The van der Waals surface area contributed by atoms with E-state index >= 15 is 0 Å². The molecule has 0 unspecified atom stereocenters. The van der Waals surface area contributed by atoms with Crippen LogP contribution in [0.15, 0.2) is 34.3 Å². The quantitative estimate of drug-likeness (QED) is 0.512. The molecular weight excluding hydrogens is 407 g/mol. The van der Waals surface area contributed by atoms with Gasteiger partial charge in [-0.2, -0.15) is 0 Å². The van der Waals surface area contributed by atoms with Gasteiger partial charge in [0.05, 0.1) is 12.1 Å². The van der Waals surface area contributed by atoms with Gasteiger partial charge in [-0.1, -0.05) is 25.0 Å². The number of aliphatic imine (C=N–C) groups is 2. The second-order valence-electron chi connectivity index (χ2n) is 8.01. The van der Waals surface area contributed by atoms with Gasteiger partial charge in [0.1, 0.15) is 11.5 Å². The number of phenols is 2. The summed E-state index contributed by atoms with van der Waals surface area (Å²) in [5.74, 6) is 0.593. The van der Waals surface area contributed by atoms with Crippen molar-refractivity contribution >= 4 is 12.4 Å². The van der Waals surface area contributed by atoms with Crippen LogP contribution in [0.25, 0.3) is 0 Å².